The van der Waals surface area contributed by atoms with Crippen molar-refractivity contribution in [3.63, 3.8) is 0 Å². The monoisotopic (exact) mass is 392 g/mol. The van der Waals surface area contributed by atoms with E-state index in [0.29, 0.717) is 17.0 Å². The summed E-state index contributed by atoms with van der Waals surface area (Å²) in [5, 5.41) is 11.9. The molecule has 2 aromatic heterocycles. The molecule has 0 saturated heterocycles. The molecule has 1 aromatic carbocycles. The van der Waals surface area contributed by atoms with E-state index >= 15 is 0 Å². The smallest absolute Gasteiger partial charge is 0.250 e. The summed E-state index contributed by atoms with van der Waals surface area (Å²) in [7, 11) is -2.00. The van der Waals surface area contributed by atoms with Gasteiger partial charge in [-0.05, 0) is 60.1 Å². The van der Waals surface area contributed by atoms with E-state index in [0.717, 1.165) is 5.75 Å². The molecule has 0 bridgehead atoms. The zero-order valence-electron chi connectivity index (χ0n) is 17.2. The molecule has 0 aliphatic carbocycles. The molecule has 1 N–H and O–H groups in total. The minimum absolute atomic E-state index is 0.0846. The van der Waals surface area contributed by atoms with Gasteiger partial charge in [0.15, 0.2) is 5.60 Å². The Balaban J connectivity index is 2.10. The Morgan fingerprint density at radius 2 is 1.39 bits per heavy atom. The van der Waals surface area contributed by atoms with Crippen molar-refractivity contribution in [2.45, 2.75) is 44.5 Å². The van der Waals surface area contributed by atoms with Crippen LogP contribution in [-0.4, -0.2) is 23.4 Å². The lowest BCUT2D eigenvalue weighted by Crippen LogP contribution is -2.44. The number of aromatic nitrogens is 2. The summed E-state index contributed by atoms with van der Waals surface area (Å²) in [5.74, 6) is 0.759. The Morgan fingerprint density at radius 3 is 1.86 bits per heavy atom. The molecule has 0 saturated carbocycles. The van der Waals surface area contributed by atoms with E-state index in [9.17, 15) is 5.11 Å². The average molecular weight is 393 g/mol. The Morgan fingerprint density at radius 1 is 0.821 bits per heavy atom. The minimum atomic E-state index is -2.00. The molecule has 3 aromatic rings. The summed E-state index contributed by atoms with van der Waals surface area (Å²) in [6.07, 6.45) is 3.36. The highest BCUT2D eigenvalue weighted by atomic mass is 28.4. The number of aliphatic hydroxyl groups is 1. The molecular formula is C23H28N2O2Si. The summed E-state index contributed by atoms with van der Waals surface area (Å²) < 4.78 is 6.46. The predicted molar refractivity (Wildman–Crippen MR) is 115 cm³/mol. The van der Waals surface area contributed by atoms with Crippen LogP contribution in [0.15, 0.2) is 73.1 Å². The highest BCUT2D eigenvalue weighted by molar-refractivity contribution is 6.74. The topological polar surface area (TPSA) is 55.2 Å². The van der Waals surface area contributed by atoms with Gasteiger partial charge in [0.2, 0.25) is 8.32 Å². The van der Waals surface area contributed by atoms with Crippen LogP contribution in [-0.2, 0) is 5.60 Å². The summed E-state index contributed by atoms with van der Waals surface area (Å²) in [6, 6.07) is 18.7. The molecule has 0 radical (unpaired) electrons. The Bertz CT molecular complexity index is 883. The van der Waals surface area contributed by atoms with Gasteiger partial charge in [0.05, 0.1) is 11.4 Å². The van der Waals surface area contributed by atoms with Crippen LogP contribution in [0.4, 0.5) is 0 Å². The lowest BCUT2D eigenvalue weighted by atomic mass is 9.86. The fourth-order valence-corrected chi connectivity index (χ4v) is 3.84. The van der Waals surface area contributed by atoms with Crippen LogP contribution >= 0.6 is 0 Å². The van der Waals surface area contributed by atoms with E-state index in [1.165, 1.54) is 0 Å². The SMILES string of the molecule is CC(C)(C)[Si](C)(C)Oc1cccc(C(O)(c2ccccn2)c2ccccn2)c1. The van der Waals surface area contributed by atoms with Crippen LogP contribution in [0.2, 0.25) is 18.1 Å². The van der Waals surface area contributed by atoms with Crippen LogP contribution in [0, 0.1) is 0 Å². The first-order chi connectivity index (χ1) is 13.1. The lowest BCUT2D eigenvalue weighted by Gasteiger charge is -2.37. The summed E-state index contributed by atoms with van der Waals surface area (Å²) in [6.45, 7) is 11.1. The van der Waals surface area contributed by atoms with Crippen molar-refractivity contribution in [2.75, 3.05) is 0 Å². The molecule has 3 rings (SSSR count). The molecule has 0 atom stereocenters. The first-order valence-corrected chi connectivity index (χ1v) is 12.4. The van der Waals surface area contributed by atoms with Crippen LogP contribution in [0.25, 0.3) is 0 Å². The zero-order valence-corrected chi connectivity index (χ0v) is 18.2. The fraction of sp³-hybridized carbons (Fsp3) is 0.304. The molecule has 4 nitrogen and oxygen atoms in total. The third-order valence-corrected chi connectivity index (χ3v) is 9.86. The second-order valence-corrected chi connectivity index (χ2v) is 13.3. The normalized spacial score (nSPS) is 12.6. The molecule has 5 heteroatoms. The van der Waals surface area contributed by atoms with Gasteiger partial charge in [0.1, 0.15) is 5.75 Å². The van der Waals surface area contributed by atoms with Gasteiger partial charge >= 0.3 is 0 Å². The van der Waals surface area contributed by atoms with Gasteiger partial charge in [-0.25, -0.2) is 0 Å². The van der Waals surface area contributed by atoms with E-state index < -0.39 is 13.9 Å². The second-order valence-electron chi connectivity index (χ2n) is 8.53. The third-order valence-electron chi connectivity index (χ3n) is 5.50. The molecular weight excluding hydrogens is 364 g/mol. The fourth-order valence-electron chi connectivity index (χ4n) is 2.81. The van der Waals surface area contributed by atoms with Crippen molar-refractivity contribution in [1.29, 1.82) is 0 Å². The van der Waals surface area contributed by atoms with E-state index in [1.807, 2.05) is 60.7 Å². The molecule has 0 aliphatic rings. The molecule has 0 amide bonds. The minimum Gasteiger partial charge on any atom is -0.543 e. The second kappa shape index (κ2) is 7.49. The highest BCUT2D eigenvalue weighted by Gasteiger charge is 2.40. The van der Waals surface area contributed by atoms with Crippen molar-refractivity contribution in [2.24, 2.45) is 0 Å². The maximum Gasteiger partial charge on any atom is 0.250 e. The van der Waals surface area contributed by atoms with Crippen molar-refractivity contribution in [1.82, 2.24) is 9.97 Å². The maximum absolute atomic E-state index is 11.8. The summed E-state index contributed by atoms with van der Waals surface area (Å²) >= 11 is 0. The predicted octanol–water partition coefficient (Wildman–Crippen LogP) is 5.14. The molecule has 28 heavy (non-hydrogen) atoms. The van der Waals surface area contributed by atoms with Gasteiger partial charge in [0.25, 0.3) is 0 Å². The molecule has 146 valence electrons. The summed E-state index contributed by atoms with van der Waals surface area (Å²) in [4.78, 5) is 8.85. The number of rotatable bonds is 5. The maximum atomic E-state index is 11.8. The van der Waals surface area contributed by atoms with Crippen LogP contribution in [0.5, 0.6) is 5.75 Å². The van der Waals surface area contributed by atoms with Crippen molar-refractivity contribution in [3.8, 4) is 5.75 Å². The number of nitrogens with zero attached hydrogens (tertiary/aromatic N) is 2. The van der Waals surface area contributed by atoms with Gasteiger partial charge in [-0.1, -0.05) is 45.0 Å². The van der Waals surface area contributed by atoms with E-state index in [-0.39, 0.29) is 5.04 Å². The van der Waals surface area contributed by atoms with E-state index in [1.54, 1.807) is 12.4 Å². The van der Waals surface area contributed by atoms with Gasteiger partial charge < -0.3 is 9.53 Å². The quantitative estimate of drug-likeness (QED) is 0.611. The first kappa shape index (κ1) is 20.2. The Hall–Kier alpha value is -2.50. The molecule has 0 aliphatic heterocycles. The van der Waals surface area contributed by atoms with Crippen LogP contribution in [0.1, 0.15) is 37.7 Å². The number of benzene rings is 1. The van der Waals surface area contributed by atoms with E-state index in [2.05, 4.69) is 43.8 Å². The lowest BCUT2D eigenvalue weighted by molar-refractivity contribution is 0.116. The average Bonchev–Trinajstić information content (AvgIpc) is 2.68. The third kappa shape index (κ3) is 3.86. The zero-order chi connectivity index (χ0) is 20.4. The van der Waals surface area contributed by atoms with Gasteiger partial charge in [0, 0.05) is 12.4 Å². The van der Waals surface area contributed by atoms with Gasteiger partial charge in [-0.3, -0.25) is 9.97 Å². The summed E-state index contributed by atoms with van der Waals surface area (Å²) in [5.41, 5.74) is 0.271. The van der Waals surface area contributed by atoms with Crippen molar-refractivity contribution < 1.29 is 9.53 Å². The molecule has 2 heterocycles. The molecule has 0 fully saturated rings. The highest BCUT2D eigenvalue weighted by Crippen LogP contribution is 2.39. The van der Waals surface area contributed by atoms with Crippen molar-refractivity contribution >= 4 is 8.32 Å². The van der Waals surface area contributed by atoms with Gasteiger partial charge in [-0.2, -0.15) is 0 Å². The van der Waals surface area contributed by atoms with Gasteiger partial charge in [-0.15, -0.1) is 0 Å². The van der Waals surface area contributed by atoms with Crippen LogP contribution < -0.4 is 4.43 Å². The number of hydrogen-bond donors (Lipinski definition) is 1. The Kier molecular flexibility index (Phi) is 5.41. The molecule has 0 unspecified atom stereocenters. The number of hydrogen-bond acceptors (Lipinski definition) is 4. The largest absolute Gasteiger partial charge is 0.543 e. The number of pyridine rings is 2. The van der Waals surface area contributed by atoms with Crippen LogP contribution in [0.3, 0.4) is 0 Å². The molecule has 0 spiro atoms. The first-order valence-electron chi connectivity index (χ1n) is 9.49. The van der Waals surface area contributed by atoms with Crippen molar-refractivity contribution in [3.05, 3.63) is 90.0 Å². The Labute approximate surface area is 168 Å². The standard InChI is InChI=1S/C23H28N2O2Si/c1-22(2,3)28(4,5)27-19-12-10-11-18(17-19)23(26,20-13-6-8-15-24-20)21-14-7-9-16-25-21/h6-17,26H,1-5H3. The van der Waals surface area contributed by atoms with E-state index in [4.69, 9.17) is 4.43 Å².